The molecule has 4 atom stereocenters. The van der Waals surface area contributed by atoms with E-state index in [9.17, 15) is 8.78 Å². The van der Waals surface area contributed by atoms with Crippen LogP contribution in [0.5, 0.6) is 0 Å². The molecule has 1 aromatic carbocycles. The van der Waals surface area contributed by atoms with Crippen molar-refractivity contribution in [3.63, 3.8) is 0 Å². The van der Waals surface area contributed by atoms with Crippen molar-refractivity contribution in [2.24, 2.45) is 5.73 Å². The smallest absolute Gasteiger partial charge is 0.147 e. The Kier molecular flexibility index (Phi) is 6.56. The first-order chi connectivity index (χ1) is 13.7. The standard InChI is InChI=1S/C22H26ClF2N3O/c1-5-29-14(4)28-11-16(10-27-28)21-12(2)20(23)9-19(13(3)26)22(21)15-6-17(24)8-18(25)7-15/h6-11,13-14,21-22H,5,26H2,1-4H3. The molecular formula is C22H26ClF2N3O. The number of rotatable bonds is 6. The lowest BCUT2D eigenvalue weighted by molar-refractivity contribution is 0.0159. The lowest BCUT2D eigenvalue weighted by Gasteiger charge is -2.35. The Balaban J connectivity index is 2.14. The van der Waals surface area contributed by atoms with Crippen LogP contribution in [0.25, 0.3) is 0 Å². The Morgan fingerprint density at radius 3 is 2.41 bits per heavy atom. The van der Waals surface area contributed by atoms with E-state index in [1.807, 2.05) is 40.0 Å². The third-order valence-corrected chi connectivity index (χ3v) is 5.77. The van der Waals surface area contributed by atoms with Gasteiger partial charge in [0.2, 0.25) is 0 Å². The summed E-state index contributed by atoms with van der Waals surface area (Å²) in [6.07, 6.45) is 5.23. The summed E-state index contributed by atoms with van der Waals surface area (Å²) in [6.45, 7) is 8.16. The van der Waals surface area contributed by atoms with Crippen molar-refractivity contribution in [2.45, 2.75) is 51.8 Å². The summed E-state index contributed by atoms with van der Waals surface area (Å²) < 4.78 is 35.4. The highest BCUT2D eigenvalue weighted by molar-refractivity contribution is 6.31. The van der Waals surface area contributed by atoms with E-state index in [1.165, 1.54) is 12.1 Å². The van der Waals surface area contributed by atoms with Gasteiger partial charge in [-0.3, -0.25) is 0 Å². The summed E-state index contributed by atoms with van der Waals surface area (Å²) in [6, 6.07) is 3.25. The molecule has 1 aliphatic carbocycles. The SMILES string of the molecule is CCOC(C)n1cc(C2C(C)=C(Cl)C=C(C(C)N)C2c2cc(F)cc(F)c2)cn1. The number of aromatic nitrogens is 2. The number of nitrogens with zero attached hydrogens (tertiary/aromatic N) is 2. The van der Waals surface area contributed by atoms with Crippen molar-refractivity contribution < 1.29 is 13.5 Å². The normalized spacial score (nSPS) is 21.9. The second-order valence-corrected chi connectivity index (χ2v) is 7.84. The minimum absolute atomic E-state index is 0.231. The fraction of sp³-hybridized carbons (Fsp3) is 0.409. The molecule has 1 aliphatic rings. The van der Waals surface area contributed by atoms with Gasteiger partial charge in [-0.25, -0.2) is 13.5 Å². The summed E-state index contributed by atoms with van der Waals surface area (Å²) in [7, 11) is 0. The maximum absolute atomic E-state index is 14.0. The number of benzene rings is 1. The number of ether oxygens (including phenoxy) is 1. The summed E-state index contributed by atoms with van der Waals surface area (Å²) >= 11 is 6.53. The first-order valence-corrected chi connectivity index (χ1v) is 10.1. The van der Waals surface area contributed by atoms with Gasteiger partial charge in [-0.05, 0) is 68.2 Å². The molecule has 4 nitrogen and oxygen atoms in total. The van der Waals surface area contributed by atoms with Crippen molar-refractivity contribution >= 4 is 11.6 Å². The van der Waals surface area contributed by atoms with E-state index in [1.54, 1.807) is 10.9 Å². The minimum Gasteiger partial charge on any atom is -0.357 e. The lowest BCUT2D eigenvalue weighted by atomic mass is 9.70. The molecule has 0 bridgehead atoms. The Morgan fingerprint density at radius 2 is 1.83 bits per heavy atom. The molecule has 2 N–H and O–H groups in total. The van der Waals surface area contributed by atoms with Crippen LogP contribution in [0.2, 0.25) is 0 Å². The maximum Gasteiger partial charge on any atom is 0.147 e. The highest BCUT2D eigenvalue weighted by atomic mass is 35.5. The van der Waals surface area contributed by atoms with Crippen molar-refractivity contribution in [3.8, 4) is 0 Å². The van der Waals surface area contributed by atoms with E-state index in [4.69, 9.17) is 22.1 Å². The molecule has 0 spiro atoms. The molecule has 0 radical (unpaired) electrons. The van der Waals surface area contributed by atoms with E-state index in [-0.39, 0.29) is 24.1 Å². The average Bonchev–Trinajstić information content (AvgIpc) is 3.12. The molecule has 156 valence electrons. The second-order valence-electron chi connectivity index (χ2n) is 7.43. The van der Waals surface area contributed by atoms with Crippen LogP contribution in [0.15, 0.2) is 52.8 Å². The van der Waals surface area contributed by atoms with Gasteiger partial charge in [0.1, 0.15) is 17.9 Å². The van der Waals surface area contributed by atoms with Gasteiger partial charge in [0, 0.05) is 41.8 Å². The largest absolute Gasteiger partial charge is 0.357 e. The first-order valence-electron chi connectivity index (χ1n) is 9.67. The van der Waals surface area contributed by atoms with Crippen molar-refractivity contribution in [1.82, 2.24) is 9.78 Å². The molecule has 2 aromatic rings. The van der Waals surface area contributed by atoms with Crippen LogP contribution in [0.3, 0.4) is 0 Å². The molecule has 3 rings (SSSR count). The molecule has 1 heterocycles. The van der Waals surface area contributed by atoms with Crippen molar-refractivity contribution in [3.05, 3.63) is 75.6 Å². The number of nitrogens with two attached hydrogens (primary N) is 1. The van der Waals surface area contributed by atoms with E-state index in [0.29, 0.717) is 17.2 Å². The Bertz CT molecular complexity index is 931. The number of allylic oxidation sites excluding steroid dienone is 3. The predicted molar refractivity (Wildman–Crippen MR) is 111 cm³/mol. The fourth-order valence-electron chi connectivity index (χ4n) is 3.97. The summed E-state index contributed by atoms with van der Waals surface area (Å²) in [5.74, 6) is -1.86. The number of halogens is 3. The Labute approximate surface area is 175 Å². The van der Waals surface area contributed by atoms with Gasteiger partial charge >= 0.3 is 0 Å². The van der Waals surface area contributed by atoms with Gasteiger partial charge in [0.25, 0.3) is 0 Å². The highest BCUT2D eigenvalue weighted by Gasteiger charge is 2.36. The fourth-order valence-corrected chi connectivity index (χ4v) is 4.21. The van der Waals surface area contributed by atoms with Gasteiger partial charge in [0.05, 0.1) is 6.20 Å². The topological polar surface area (TPSA) is 53.1 Å². The Hall–Kier alpha value is -2.02. The zero-order chi connectivity index (χ0) is 21.3. The van der Waals surface area contributed by atoms with E-state index in [2.05, 4.69) is 5.10 Å². The first kappa shape index (κ1) is 21.7. The van der Waals surface area contributed by atoms with Crippen LogP contribution >= 0.6 is 11.6 Å². The molecule has 1 aromatic heterocycles. The van der Waals surface area contributed by atoms with E-state index in [0.717, 1.165) is 22.8 Å². The molecule has 0 aliphatic heterocycles. The van der Waals surface area contributed by atoms with Crippen LogP contribution in [0, 0.1) is 11.6 Å². The molecule has 0 fully saturated rings. The summed E-state index contributed by atoms with van der Waals surface area (Å²) in [5, 5.41) is 5.01. The second kappa shape index (κ2) is 8.78. The number of hydrogen-bond donors (Lipinski definition) is 1. The van der Waals surface area contributed by atoms with Gasteiger partial charge in [0.15, 0.2) is 0 Å². The molecule has 29 heavy (non-hydrogen) atoms. The van der Waals surface area contributed by atoms with Crippen LogP contribution in [0.4, 0.5) is 8.78 Å². The third-order valence-electron chi connectivity index (χ3n) is 5.36. The molecule has 7 heteroatoms. The van der Waals surface area contributed by atoms with Crippen LogP contribution in [0.1, 0.15) is 56.9 Å². The van der Waals surface area contributed by atoms with E-state index >= 15 is 0 Å². The predicted octanol–water partition coefficient (Wildman–Crippen LogP) is 5.38. The quantitative estimate of drug-likeness (QED) is 0.680. The molecule has 0 amide bonds. The number of hydrogen-bond acceptors (Lipinski definition) is 3. The summed E-state index contributed by atoms with van der Waals surface area (Å²) in [5.41, 5.74) is 9.35. The molecular weight excluding hydrogens is 396 g/mol. The van der Waals surface area contributed by atoms with E-state index < -0.39 is 11.6 Å². The molecule has 0 saturated carbocycles. The van der Waals surface area contributed by atoms with Crippen LogP contribution in [-0.4, -0.2) is 22.4 Å². The van der Waals surface area contributed by atoms with Crippen molar-refractivity contribution in [1.29, 1.82) is 0 Å². The van der Waals surface area contributed by atoms with Gasteiger partial charge in [-0.2, -0.15) is 5.10 Å². The van der Waals surface area contributed by atoms with Crippen molar-refractivity contribution in [2.75, 3.05) is 6.61 Å². The van der Waals surface area contributed by atoms with Crippen LogP contribution < -0.4 is 5.73 Å². The zero-order valence-corrected chi connectivity index (χ0v) is 17.8. The van der Waals surface area contributed by atoms with Crippen LogP contribution in [-0.2, 0) is 4.74 Å². The minimum atomic E-state index is -0.623. The molecule has 0 saturated heterocycles. The molecule has 4 unspecified atom stereocenters. The third kappa shape index (κ3) is 4.44. The van der Waals surface area contributed by atoms with Gasteiger partial charge < -0.3 is 10.5 Å². The van der Waals surface area contributed by atoms with Gasteiger partial charge in [-0.15, -0.1) is 0 Å². The summed E-state index contributed by atoms with van der Waals surface area (Å²) in [4.78, 5) is 0. The zero-order valence-electron chi connectivity index (χ0n) is 17.0. The monoisotopic (exact) mass is 421 g/mol. The highest BCUT2D eigenvalue weighted by Crippen LogP contribution is 2.49. The lowest BCUT2D eigenvalue weighted by Crippen LogP contribution is -2.29. The average molecular weight is 422 g/mol. The van der Waals surface area contributed by atoms with Gasteiger partial charge in [-0.1, -0.05) is 11.6 Å². The maximum atomic E-state index is 14.0. The Morgan fingerprint density at radius 1 is 1.17 bits per heavy atom.